The summed E-state index contributed by atoms with van der Waals surface area (Å²) in [6.45, 7) is 3.64. The van der Waals surface area contributed by atoms with Gasteiger partial charge in [-0.25, -0.2) is 19.9 Å². The summed E-state index contributed by atoms with van der Waals surface area (Å²) in [5.74, 6) is 2.67. The lowest BCUT2D eigenvalue weighted by Crippen LogP contribution is -2.47. The Labute approximate surface area is 162 Å². The molecular weight excluding hydrogens is 360 g/mol. The maximum Gasteiger partial charge on any atom is 0.189 e. The van der Waals surface area contributed by atoms with Crippen LogP contribution in [0.4, 0.5) is 11.6 Å². The zero-order valence-electron chi connectivity index (χ0n) is 15.5. The van der Waals surface area contributed by atoms with Crippen molar-refractivity contribution in [3.63, 3.8) is 0 Å². The molecule has 3 aromatic rings. The van der Waals surface area contributed by atoms with Gasteiger partial charge in [-0.2, -0.15) is 5.10 Å². The standard InChI is InChI=1S/C18H22N8S/c1-24-16-13(10-21-24)17(20-11-19-16)26-7-5-25(6-8-26)15-9-14(12-3-4-12)22-18(23-15)27-2/h9-12H,3-8H2,1-2H3. The lowest BCUT2D eigenvalue weighted by molar-refractivity contribution is 0.637. The average Bonchev–Trinajstić information content (AvgIpc) is 3.51. The highest BCUT2D eigenvalue weighted by molar-refractivity contribution is 7.98. The van der Waals surface area contributed by atoms with Gasteiger partial charge in [0.05, 0.1) is 17.3 Å². The monoisotopic (exact) mass is 382 g/mol. The second-order valence-corrected chi connectivity index (χ2v) is 7.86. The Morgan fingerprint density at radius 1 is 1.04 bits per heavy atom. The molecule has 1 aliphatic heterocycles. The van der Waals surface area contributed by atoms with Crippen molar-refractivity contribution in [3.8, 4) is 0 Å². The minimum atomic E-state index is 0.638. The molecule has 0 atom stereocenters. The minimum Gasteiger partial charge on any atom is -0.353 e. The number of hydrogen-bond donors (Lipinski definition) is 0. The molecule has 1 saturated carbocycles. The number of thioether (sulfide) groups is 1. The third-order valence-corrected chi connectivity index (χ3v) is 5.85. The average molecular weight is 382 g/mol. The Morgan fingerprint density at radius 2 is 1.81 bits per heavy atom. The molecule has 0 radical (unpaired) electrons. The van der Waals surface area contributed by atoms with E-state index in [9.17, 15) is 0 Å². The Morgan fingerprint density at radius 3 is 2.56 bits per heavy atom. The van der Waals surface area contributed by atoms with Crippen molar-refractivity contribution >= 4 is 34.4 Å². The molecule has 2 aliphatic rings. The zero-order valence-corrected chi connectivity index (χ0v) is 16.4. The van der Waals surface area contributed by atoms with E-state index in [1.54, 1.807) is 22.8 Å². The van der Waals surface area contributed by atoms with Crippen LogP contribution in [0.1, 0.15) is 24.5 Å². The summed E-state index contributed by atoms with van der Waals surface area (Å²) in [6.07, 6.45) is 8.04. The molecule has 140 valence electrons. The van der Waals surface area contributed by atoms with Crippen molar-refractivity contribution in [2.45, 2.75) is 23.9 Å². The number of piperazine rings is 1. The fourth-order valence-electron chi connectivity index (χ4n) is 3.62. The summed E-state index contributed by atoms with van der Waals surface area (Å²) in [4.78, 5) is 23.0. The molecule has 0 spiro atoms. The normalized spacial score (nSPS) is 17.7. The van der Waals surface area contributed by atoms with E-state index in [0.29, 0.717) is 5.92 Å². The number of rotatable bonds is 4. The first-order valence-corrected chi connectivity index (χ1v) is 10.5. The molecule has 0 aromatic carbocycles. The quantitative estimate of drug-likeness (QED) is 0.501. The van der Waals surface area contributed by atoms with Gasteiger partial charge in [0.15, 0.2) is 10.8 Å². The fourth-order valence-corrected chi connectivity index (χ4v) is 4.00. The summed E-state index contributed by atoms with van der Waals surface area (Å²) < 4.78 is 1.79. The van der Waals surface area contributed by atoms with E-state index in [-0.39, 0.29) is 0 Å². The van der Waals surface area contributed by atoms with Gasteiger partial charge < -0.3 is 9.80 Å². The molecule has 5 rings (SSSR count). The van der Waals surface area contributed by atoms with Gasteiger partial charge in [-0.05, 0) is 19.1 Å². The second-order valence-electron chi connectivity index (χ2n) is 7.09. The van der Waals surface area contributed by atoms with Crippen molar-refractivity contribution in [3.05, 3.63) is 24.3 Å². The van der Waals surface area contributed by atoms with Gasteiger partial charge in [-0.1, -0.05) is 11.8 Å². The van der Waals surface area contributed by atoms with Crippen LogP contribution < -0.4 is 9.80 Å². The van der Waals surface area contributed by atoms with Crippen LogP contribution in [0.5, 0.6) is 0 Å². The molecular formula is C18H22N8S. The molecule has 4 heterocycles. The Kier molecular flexibility index (Phi) is 4.11. The van der Waals surface area contributed by atoms with Gasteiger partial charge in [-0.3, -0.25) is 4.68 Å². The van der Waals surface area contributed by atoms with Crippen molar-refractivity contribution in [2.75, 3.05) is 42.2 Å². The number of aryl methyl sites for hydroxylation is 1. The predicted octanol–water partition coefficient (Wildman–Crippen LogP) is 2.08. The van der Waals surface area contributed by atoms with Gasteiger partial charge in [0.25, 0.3) is 0 Å². The highest BCUT2D eigenvalue weighted by atomic mass is 32.2. The van der Waals surface area contributed by atoms with E-state index in [1.165, 1.54) is 18.5 Å². The maximum absolute atomic E-state index is 4.76. The molecule has 0 N–H and O–H groups in total. The Hall–Kier alpha value is -2.42. The highest BCUT2D eigenvalue weighted by Crippen LogP contribution is 2.40. The Bertz CT molecular complexity index is 975. The molecule has 9 heteroatoms. The zero-order chi connectivity index (χ0) is 18.4. The van der Waals surface area contributed by atoms with E-state index in [2.05, 4.69) is 30.9 Å². The first kappa shape index (κ1) is 16.7. The van der Waals surface area contributed by atoms with Gasteiger partial charge in [0.2, 0.25) is 0 Å². The summed E-state index contributed by atoms with van der Waals surface area (Å²) in [5, 5.41) is 6.21. The Balaban J connectivity index is 1.36. The van der Waals surface area contributed by atoms with E-state index in [4.69, 9.17) is 9.97 Å². The van der Waals surface area contributed by atoms with Gasteiger partial charge in [0, 0.05) is 45.2 Å². The number of aromatic nitrogens is 6. The molecule has 8 nitrogen and oxygen atoms in total. The summed E-state index contributed by atoms with van der Waals surface area (Å²) in [5.41, 5.74) is 2.08. The third-order valence-electron chi connectivity index (χ3n) is 5.30. The van der Waals surface area contributed by atoms with E-state index < -0.39 is 0 Å². The molecule has 0 amide bonds. The molecule has 1 aliphatic carbocycles. The van der Waals surface area contributed by atoms with Crippen LogP contribution in [-0.2, 0) is 7.05 Å². The summed E-state index contributed by atoms with van der Waals surface area (Å²) in [6, 6.07) is 2.19. The van der Waals surface area contributed by atoms with Crippen molar-refractivity contribution < 1.29 is 0 Å². The smallest absolute Gasteiger partial charge is 0.189 e. The molecule has 0 unspecified atom stereocenters. The molecule has 0 bridgehead atoms. The number of anilines is 2. The predicted molar refractivity (Wildman–Crippen MR) is 107 cm³/mol. The molecule has 1 saturated heterocycles. The van der Waals surface area contributed by atoms with Crippen LogP contribution in [0.25, 0.3) is 11.0 Å². The summed E-state index contributed by atoms with van der Waals surface area (Å²) >= 11 is 1.62. The van der Waals surface area contributed by atoms with E-state index >= 15 is 0 Å². The van der Waals surface area contributed by atoms with Gasteiger partial charge in [0.1, 0.15) is 18.0 Å². The molecule has 27 heavy (non-hydrogen) atoms. The van der Waals surface area contributed by atoms with E-state index in [1.807, 2.05) is 19.5 Å². The fraction of sp³-hybridized carbons (Fsp3) is 0.500. The van der Waals surface area contributed by atoms with Crippen LogP contribution in [-0.4, -0.2) is 62.2 Å². The van der Waals surface area contributed by atoms with Crippen LogP contribution in [0, 0.1) is 0 Å². The molecule has 2 fully saturated rings. The van der Waals surface area contributed by atoms with Crippen LogP contribution in [0.15, 0.2) is 23.7 Å². The third kappa shape index (κ3) is 3.09. The minimum absolute atomic E-state index is 0.638. The lowest BCUT2D eigenvalue weighted by atomic mass is 10.2. The maximum atomic E-state index is 4.76. The topological polar surface area (TPSA) is 75.9 Å². The molecule has 3 aromatic heterocycles. The van der Waals surface area contributed by atoms with Gasteiger partial charge in [-0.15, -0.1) is 0 Å². The van der Waals surface area contributed by atoms with Gasteiger partial charge >= 0.3 is 0 Å². The number of fused-ring (bicyclic) bond motifs is 1. The highest BCUT2D eigenvalue weighted by Gasteiger charge is 2.28. The number of nitrogens with zero attached hydrogens (tertiary/aromatic N) is 8. The lowest BCUT2D eigenvalue weighted by Gasteiger charge is -2.36. The first-order chi connectivity index (χ1) is 13.2. The second kappa shape index (κ2) is 6.63. The van der Waals surface area contributed by atoms with Crippen LogP contribution in [0.3, 0.4) is 0 Å². The van der Waals surface area contributed by atoms with Crippen molar-refractivity contribution in [1.82, 2.24) is 29.7 Å². The number of hydrogen-bond acceptors (Lipinski definition) is 8. The van der Waals surface area contributed by atoms with Crippen LogP contribution >= 0.6 is 11.8 Å². The first-order valence-electron chi connectivity index (χ1n) is 9.28. The SMILES string of the molecule is CSc1nc(C2CC2)cc(N2CCN(c3ncnc4c3cnn4C)CC2)n1. The summed E-state index contributed by atoms with van der Waals surface area (Å²) in [7, 11) is 1.91. The van der Waals surface area contributed by atoms with E-state index in [0.717, 1.165) is 54.0 Å². The van der Waals surface area contributed by atoms with Crippen LogP contribution in [0.2, 0.25) is 0 Å². The van der Waals surface area contributed by atoms with Crippen molar-refractivity contribution in [2.24, 2.45) is 7.05 Å². The van der Waals surface area contributed by atoms with Crippen molar-refractivity contribution in [1.29, 1.82) is 0 Å². The largest absolute Gasteiger partial charge is 0.353 e.